The molecule has 1 aromatic heterocycles. The van der Waals surface area contributed by atoms with Crippen LogP contribution in [-0.2, 0) is 14.3 Å². The van der Waals surface area contributed by atoms with Gasteiger partial charge in [-0.25, -0.2) is 9.18 Å². The van der Waals surface area contributed by atoms with Crippen LogP contribution in [0.2, 0.25) is 0 Å². The fraction of sp³-hybridized carbons (Fsp3) is 0.522. The van der Waals surface area contributed by atoms with E-state index in [1.807, 2.05) is 4.98 Å². The van der Waals surface area contributed by atoms with Gasteiger partial charge in [-0.15, -0.1) is 0 Å². The van der Waals surface area contributed by atoms with Crippen LogP contribution in [0.15, 0.2) is 50.9 Å². The average molecular weight is 541 g/mol. The largest absolute Gasteiger partial charge is 0.575 e. The Labute approximate surface area is 212 Å². The van der Waals surface area contributed by atoms with E-state index >= 15 is 4.39 Å². The van der Waals surface area contributed by atoms with Gasteiger partial charge in [0.05, 0.1) is 0 Å². The van der Waals surface area contributed by atoms with Crippen LogP contribution < -0.4 is 25.4 Å². The number of carbonyl (C=O) groups is 1. The summed E-state index contributed by atoms with van der Waals surface area (Å²) in [6.07, 6.45) is -2.62. The summed E-state index contributed by atoms with van der Waals surface area (Å²) in [7, 11) is -2.55. The number of aromatic amines is 1. The topological polar surface area (TPSA) is 164 Å². The van der Waals surface area contributed by atoms with Crippen LogP contribution in [0.3, 0.4) is 0 Å². The number of H-pyrrole nitrogens is 1. The van der Waals surface area contributed by atoms with E-state index in [1.165, 1.54) is 12.1 Å². The molecule has 1 aliphatic heterocycles. The van der Waals surface area contributed by atoms with Crippen molar-refractivity contribution in [2.75, 3.05) is 13.2 Å². The first-order chi connectivity index (χ1) is 17.6. The molecule has 202 valence electrons. The molecule has 1 unspecified atom stereocenters. The summed E-state index contributed by atoms with van der Waals surface area (Å²) in [5.41, 5.74) is -3.93. The van der Waals surface area contributed by atoms with E-state index in [0.717, 1.165) is 23.8 Å². The Morgan fingerprint density at radius 1 is 1.32 bits per heavy atom. The molecular weight excluding hydrogens is 512 g/mol. The highest BCUT2D eigenvalue weighted by atomic mass is 31.1. The third kappa shape index (κ3) is 7.01. The van der Waals surface area contributed by atoms with Crippen molar-refractivity contribution >= 4 is 14.1 Å². The second-order valence-electron chi connectivity index (χ2n) is 8.44. The third-order valence-corrected chi connectivity index (χ3v) is 6.57. The fourth-order valence-electron chi connectivity index (χ4n) is 3.54. The first-order valence-corrected chi connectivity index (χ1v) is 12.8. The molecule has 1 fully saturated rings. The van der Waals surface area contributed by atoms with Gasteiger partial charge in [0.1, 0.15) is 31.5 Å². The fourth-order valence-corrected chi connectivity index (χ4v) is 4.41. The molecule has 1 aliphatic rings. The van der Waals surface area contributed by atoms with Gasteiger partial charge in [0.25, 0.3) is 5.56 Å². The third-order valence-electron chi connectivity index (χ3n) is 5.70. The number of aromatic nitrogens is 2. The van der Waals surface area contributed by atoms with E-state index in [-0.39, 0.29) is 31.1 Å². The number of halogens is 1. The number of hydrogen-bond donors (Lipinski definition) is 2. The van der Waals surface area contributed by atoms with Crippen molar-refractivity contribution in [3.8, 4) is 11.5 Å². The smallest absolute Gasteiger partial charge is 0.395 e. The van der Waals surface area contributed by atoms with Crippen molar-refractivity contribution in [3.63, 3.8) is 0 Å². The Kier molecular flexibility index (Phi) is 9.55. The van der Waals surface area contributed by atoms with Crippen molar-refractivity contribution in [3.05, 3.63) is 57.4 Å². The first kappa shape index (κ1) is 28.5. The number of para-hydroxylation sites is 2. The quantitative estimate of drug-likeness (QED) is 0.317. The van der Waals surface area contributed by atoms with Gasteiger partial charge in [0, 0.05) is 18.7 Å². The molecule has 0 radical (unpaired) electrons. The van der Waals surface area contributed by atoms with Crippen molar-refractivity contribution < 1.29 is 37.9 Å². The summed E-state index contributed by atoms with van der Waals surface area (Å²) in [4.78, 5) is 49.3. The molecule has 12 nitrogen and oxygen atoms in total. The summed E-state index contributed by atoms with van der Waals surface area (Å²) in [5.74, 6) is -0.180. The molecule has 2 aromatic rings. The number of rotatable bonds is 11. The van der Waals surface area contributed by atoms with Gasteiger partial charge in [0.15, 0.2) is 17.6 Å². The van der Waals surface area contributed by atoms with E-state index in [2.05, 4.69) is 4.74 Å². The Balaban J connectivity index is 1.69. The number of nitrogens with zero attached hydrogens (tertiary/aromatic N) is 2. The molecule has 37 heavy (non-hydrogen) atoms. The molecule has 1 saturated heterocycles. The van der Waals surface area contributed by atoms with Gasteiger partial charge in [-0.2, -0.15) is 0 Å². The summed E-state index contributed by atoms with van der Waals surface area (Å²) in [5, 5.41) is 10.5. The molecule has 0 aliphatic carbocycles. The molecule has 0 bridgehead atoms. The molecule has 0 saturated carbocycles. The van der Waals surface area contributed by atoms with Gasteiger partial charge in [0.2, 0.25) is 5.75 Å². The molecule has 3 rings (SSSR count). The predicted molar refractivity (Wildman–Crippen MR) is 128 cm³/mol. The standard InChI is InChI=1S/C23H29FN3O9P/c1-4-14(12-34-19(29)5-2)26-37(32)36-16-9-7-6-8-15(16)33-13-17-20(30)23(3,24)21(35-17)27-11-10-18(28)25-22(27)31/h6-11,14,17,20-21,30H,4-5,12-13H2,1-3H3,(H,25,28,31)/t14-,17+,20+,21+,23+/m0/s1. The van der Waals surface area contributed by atoms with Crippen LogP contribution in [0.5, 0.6) is 11.5 Å². The van der Waals surface area contributed by atoms with Crippen molar-refractivity contribution in [1.82, 2.24) is 9.55 Å². The van der Waals surface area contributed by atoms with Crippen molar-refractivity contribution in [2.45, 2.75) is 63.8 Å². The van der Waals surface area contributed by atoms with E-state index in [9.17, 15) is 24.4 Å². The second-order valence-corrected chi connectivity index (χ2v) is 9.33. The number of aliphatic hydroxyl groups excluding tert-OH is 1. The van der Waals surface area contributed by atoms with Gasteiger partial charge in [-0.1, -0.05) is 30.7 Å². The summed E-state index contributed by atoms with van der Waals surface area (Å²) < 4.78 is 42.0. The van der Waals surface area contributed by atoms with Crippen LogP contribution in [0.4, 0.5) is 4.39 Å². The lowest BCUT2D eigenvalue weighted by Crippen LogP contribution is -2.43. The summed E-state index contributed by atoms with van der Waals surface area (Å²) in [6, 6.07) is 6.75. The zero-order chi connectivity index (χ0) is 27.2. The number of ether oxygens (including phenoxy) is 3. The number of alkyl halides is 1. The molecule has 2 N–H and O–H groups in total. The zero-order valence-electron chi connectivity index (χ0n) is 20.5. The Morgan fingerprint density at radius 3 is 2.68 bits per heavy atom. The number of hydrogen-bond acceptors (Lipinski definition) is 10. The number of benzene rings is 1. The van der Waals surface area contributed by atoms with Gasteiger partial charge >= 0.3 is 19.8 Å². The maximum Gasteiger partial charge on any atom is 0.395 e. The first-order valence-electron chi connectivity index (χ1n) is 11.6. The van der Waals surface area contributed by atoms with Crippen molar-refractivity contribution in [1.29, 1.82) is 0 Å². The van der Waals surface area contributed by atoms with E-state index in [0.29, 0.717) is 6.42 Å². The molecule has 0 spiro atoms. The van der Waals surface area contributed by atoms with E-state index in [4.69, 9.17) is 18.7 Å². The number of aliphatic hydroxyl groups is 1. The van der Waals surface area contributed by atoms with Crippen LogP contribution in [0, 0.1) is 0 Å². The summed E-state index contributed by atoms with van der Waals surface area (Å²) >= 11 is 0. The predicted octanol–water partition coefficient (Wildman–Crippen LogP) is 1.57. The highest BCUT2D eigenvalue weighted by molar-refractivity contribution is 7.34. The highest BCUT2D eigenvalue weighted by Gasteiger charge is 2.55. The van der Waals surface area contributed by atoms with Crippen LogP contribution in [0.25, 0.3) is 0 Å². The normalized spacial score (nSPS) is 24.5. The Hall–Kier alpha value is -3.12. The van der Waals surface area contributed by atoms with Gasteiger partial charge in [-0.05, 0) is 25.5 Å². The SMILES string of the molecule is CCC(=O)OC[C@H](CC)N=[P+]([O-])Oc1ccccc1OC[C@H]1O[C@@H](n2ccc(=O)[nH]c2=O)[C@](C)(F)[C@@H]1O. The van der Waals surface area contributed by atoms with Gasteiger partial charge in [-0.3, -0.25) is 23.7 Å². The maximum absolute atomic E-state index is 15.4. The van der Waals surface area contributed by atoms with E-state index < -0.39 is 55.5 Å². The minimum atomic E-state index is -2.55. The van der Waals surface area contributed by atoms with Crippen LogP contribution in [0.1, 0.15) is 39.8 Å². The molecular formula is C23H29FN3O9P. The summed E-state index contributed by atoms with van der Waals surface area (Å²) in [6.45, 7) is 4.17. The highest BCUT2D eigenvalue weighted by Crippen LogP contribution is 2.41. The minimum Gasteiger partial charge on any atom is -0.575 e. The number of esters is 1. The Morgan fingerprint density at radius 2 is 2.03 bits per heavy atom. The lowest BCUT2D eigenvalue weighted by atomic mass is 9.98. The van der Waals surface area contributed by atoms with Crippen LogP contribution in [-0.4, -0.2) is 57.8 Å². The maximum atomic E-state index is 15.4. The Bertz CT molecular complexity index is 1230. The molecule has 2 heterocycles. The number of carbonyl (C=O) groups excluding carboxylic acids is 1. The lowest BCUT2D eigenvalue weighted by molar-refractivity contribution is -0.169. The zero-order valence-corrected chi connectivity index (χ0v) is 21.4. The van der Waals surface area contributed by atoms with Crippen molar-refractivity contribution in [2.24, 2.45) is 4.74 Å². The lowest BCUT2D eigenvalue weighted by Gasteiger charge is -2.24. The molecule has 1 aromatic carbocycles. The number of nitrogens with one attached hydrogen (secondary N) is 1. The van der Waals surface area contributed by atoms with Crippen LogP contribution >= 0.6 is 8.17 Å². The molecule has 14 heteroatoms. The monoisotopic (exact) mass is 541 g/mol. The average Bonchev–Trinajstić information content (AvgIpc) is 3.09. The second kappa shape index (κ2) is 12.4. The minimum absolute atomic E-state index is 0.0236. The van der Waals surface area contributed by atoms with E-state index in [1.54, 1.807) is 26.0 Å². The van der Waals surface area contributed by atoms with Gasteiger partial charge < -0.3 is 24.2 Å². The molecule has 0 amide bonds. The molecule has 6 atom stereocenters.